The van der Waals surface area contributed by atoms with Crippen LogP contribution >= 0.6 is 0 Å². The lowest BCUT2D eigenvalue weighted by Gasteiger charge is -2.18. The number of anilines is 1. The van der Waals surface area contributed by atoms with E-state index in [-0.39, 0.29) is 23.8 Å². The molecule has 0 aliphatic carbocycles. The van der Waals surface area contributed by atoms with Crippen LogP contribution in [0.5, 0.6) is 28.7 Å². The van der Waals surface area contributed by atoms with Crippen LogP contribution in [-0.2, 0) is 4.79 Å². The van der Waals surface area contributed by atoms with Gasteiger partial charge in [0, 0.05) is 6.07 Å². The highest BCUT2D eigenvalue weighted by molar-refractivity contribution is 5.96. The first-order valence-electron chi connectivity index (χ1n) is 7.64. The number of hydrogen-bond acceptors (Lipinski definition) is 7. The van der Waals surface area contributed by atoms with Gasteiger partial charge in [-0.05, 0) is 24.3 Å². The Kier molecular flexibility index (Phi) is 4.83. The van der Waals surface area contributed by atoms with Crippen LogP contribution in [0, 0.1) is 0 Å². The molecule has 2 aromatic rings. The molecule has 1 aliphatic heterocycles. The lowest BCUT2D eigenvalue weighted by atomic mass is 10.2. The van der Waals surface area contributed by atoms with Gasteiger partial charge in [-0.25, -0.2) is 4.79 Å². The number of hydrogen-bond donors (Lipinski definition) is 1. The highest BCUT2D eigenvalue weighted by atomic mass is 16.5. The molecule has 3 rings (SSSR count). The summed E-state index contributed by atoms with van der Waals surface area (Å²) in [5, 5.41) is 2.65. The SMILES string of the molecule is COc1cc(C(=O)Oc2ccc3c(c2)NC(=O)CO3)cc(OC)c1OC. The third-order valence-corrected chi connectivity index (χ3v) is 3.69. The number of benzene rings is 2. The fraction of sp³-hybridized carbons (Fsp3) is 0.222. The topological polar surface area (TPSA) is 92.3 Å². The van der Waals surface area contributed by atoms with E-state index in [2.05, 4.69) is 5.32 Å². The zero-order chi connectivity index (χ0) is 18.7. The summed E-state index contributed by atoms with van der Waals surface area (Å²) in [4.78, 5) is 23.9. The summed E-state index contributed by atoms with van der Waals surface area (Å²) in [6.07, 6.45) is 0. The molecule has 0 aromatic heterocycles. The van der Waals surface area contributed by atoms with Gasteiger partial charge in [0.25, 0.3) is 5.91 Å². The van der Waals surface area contributed by atoms with Crippen LogP contribution < -0.4 is 29.0 Å². The molecule has 2 aromatic carbocycles. The van der Waals surface area contributed by atoms with E-state index < -0.39 is 5.97 Å². The Balaban J connectivity index is 1.86. The third-order valence-electron chi connectivity index (χ3n) is 3.69. The largest absolute Gasteiger partial charge is 0.493 e. The highest BCUT2D eigenvalue weighted by Crippen LogP contribution is 2.38. The number of nitrogens with one attached hydrogen (secondary N) is 1. The summed E-state index contributed by atoms with van der Waals surface area (Å²) in [7, 11) is 4.39. The van der Waals surface area contributed by atoms with E-state index in [9.17, 15) is 9.59 Å². The van der Waals surface area contributed by atoms with Crippen molar-refractivity contribution in [3.8, 4) is 28.7 Å². The van der Waals surface area contributed by atoms with Crippen molar-refractivity contribution in [1.29, 1.82) is 0 Å². The van der Waals surface area contributed by atoms with Crippen molar-refractivity contribution in [3.05, 3.63) is 35.9 Å². The van der Waals surface area contributed by atoms with Crippen LogP contribution in [-0.4, -0.2) is 39.8 Å². The lowest BCUT2D eigenvalue weighted by molar-refractivity contribution is -0.118. The second kappa shape index (κ2) is 7.22. The van der Waals surface area contributed by atoms with Gasteiger partial charge in [0.1, 0.15) is 11.5 Å². The fourth-order valence-corrected chi connectivity index (χ4v) is 2.49. The molecule has 0 fully saturated rings. The van der Waals surface area contributed by atoms with E-state index in [1.54, 1.807) is 12.1 Å². The molecule has 1 amide bonds. The molecule has 1 aliphatic rings. The molecule has 26 heavy (non-hydrogen) atoms. The number of esters is 1. The van der Waals surface area contributed by atoms with Gasteiger partial charge in [0.05, 0.1) is 32.6 Å². The number of rotatable bonds is 5. The maximum Gasteiger partial charge on any atom is 0.343 e. The number of ether oxygens (including phenoxy) is 5. The number of amides is 1. The molecule has 0 saturated heterocycles. The summed E-state index contributed by atoms with van der Waals surface area (Å²) >= 11 is 0. The first kappa shape index (κ1) is 17.4. The maximum absolute atomic E-state index is 12.5. The Labute approximate surface area is 149 Å². The number of carbonyl (C=O) groups excluding carboxylic acids is 2. The molecule has 1 heterocycles. The van der Waals surface area contributed by atoms with E-state index in [0.717, 1.165) is 0 Å². The van der Waals surface area contributed by atoms with Gasteiger partial charge in [-0.1, -0.05) is 0 Å². The average molecular weight is 359 g/mol. The van der Waals surface area contributed by atoms with Crippen LogP contribution in [0.3, 0.4) is 0 Å². The van der Waals surface area contributed by atoms with Crippen LogP contribution in [0.25, 0.3) is 0 Å². The minimum atomic E-state index is -0.618. The first-order valence-corrected chi connectivity index (χ1v) is 7.64. The van der Waals surface area contributed by atoms with Crippen LogP contribution in [0.4, 0.5) is 5.69 Å². The molecule has 136 valence electrons. The third kappa shape index (κ3) is 3.34. The van der Waals surface area contributed by atoms with E-state index >= 15 is 0 Å². The lowest BCUT2D eigenvalue weighted by Crippen LogP contribution is -2.25. The average Bonchev–Trinajstić information content (AvgIpc) is 2.66. The van der Waals surface area contributed by atoms with E-state index in [4.69, 9.17) is 23.7 Å². The Morgan fingerprint density at radius 1 is 1.04 bits per heavy atom. The molecule has 8 nitrogen and oxygen atoms in total. The Morgan fingerprint density at radius 3 is 2.35 bits per heavy atom. The molecule has 8 heteroatoms. The number of fused-ring (bicyclic) bond motifs is 1. The van der Waals surface area contributed by atoms with Gasteiger partial charge in [0.2, 0.25) is 5.75 Å². The van der Waals surface area contributed by atoms with Gasteiger partial charge in [0.15, 0.2) is 18.1 Å². The molecule has 1 N–H and O–H groups in total. The van der Waals surface area contributed by atoms with E-state index in [0.29, 0.717) is 28.7 Å². The summed E-state index contributed by atoms with van der Waals surface area (Å²) in [5.74, 6) is 0.929. The van der Waals surface area contributed by atoms with Crippen molar-refractivity contribution < 1.29 is 33.3 Å². The number of carbonyl (C=O) groups is 2. The molecular weight excluding hydrogens is 342 g/mol. The Hall–Kier alpha value is -3.42. The molecule has 0 spiro atoms. The van der Waals surface area contributed by atoms with Crippen molar-refractivity contribution >= 4 is 17.6 Å². The summed E-state index contributed by atoms with van der Waals surface area (Å²) in [6.45, 7) is -0.0441. The normalized spacial score (nSPS) is 12.3. The van der Waals surface area contributed by atoms with E-state index in [1.807, 2.05) is 0 Å². The quantitative estimate of drug-likeness (QED) is 0.647. The van der Waals surface area contributed by atoms with Crippen molar-refractivity contribution in [2.45, 2.75) is 0 Å². The van der Waals surface area contributed by atoms with Crippen molar-refractivity contribution in [1.82, 2.24) is 0 Å². The Morgan fingerprint density at radius 2 is 1.73 bits per heavy atom. The zero-order valence-corrected chi connectivity index (χ0v) is 14.5. The molecule has 0 unspecified atom stereocenters. The van der Waals surface area contributed by atoms with Crippen molar-refractivity contribution in [2.75, 3.05) is 33.3 Å². The van der Waals surface area contributed by atoms with Gasteiger partial charge in [-0.15, -0.1) is 0 Å². The van der Waals surface area contributed by atoms with Crippen LogP contribution in [0.15, 0.2) is 30.3 Å². The molecule has 0 bridgehead atoms. The molecule has 0 atom stereocenters. The highest BCUT2D eigenvalue weighted by Gasteiger charge is 2.20. The maximum atomic E-state index is 12.5. The van der Waals surface area contributed by atoms with Crippen LogP contribution in [0.2, 0.25) is 0 Å². The smallest absolute Gasteiger partial charge is 0.343 e. The summed E-state index contributed by atoms with van der Waals surface area (Å²) in [6, 6.07) is 7.70. The zero-order valence-electron chi connectivity index (χ0n) is 14.5. The van der Waals surface area contributed by atoms with Gasteiger partial charge < -0.3 is 29.0 Å². The second-order valence-electron chi connectivity index (χ2n) is 5.30. The fourth-order valence-electron chi connectivity index (χ4n) is 2.49. The molecule has 0 radical (unpaired) electrons. The van der Waals surface area contributed by atoms with Gasteiger partial charge in [-0.3, -0.25) is 4.79 Å². The second-order valence-corrected chi connectivity index (χ2v) is 5.30. The monoisotopic (exact) mass is 359 g/mol. The summed E-state index contributed by atoms with van der Waals surface area (Å²) < 4.78 is 26.3. The van der Waals surface area contributed by atoms with Gasteiger partial charge >= 0.3 is 5.97 Å². The first-order chi connectivity index (χ1) is 12.5. The Bertz CT molecular complexity index is 838. The standard InChI is InChI=1S/C18H17NO7/c1-22-14-6-10(7-15(23-2)17(14)24-3)18(21)26-11-4-5-13-12(8-11)19-16(20)9-25-13/h4-8H,9H2,1-3H3,(H,19,20). The van der Waals surface area contributed by atoms with Crippen molar-refractivity contribution in [3.63, 3.8) is 0 Å². The summed E-state index contributed by atoms with van der Waals surface area (Å²) in [5.41, 5.74) is 0.661. The predicted octanol–water partition coefficient (Wildman–Crippen LogP) is 2.26. The van der Waals surface area contributed by atoms with E-state index in [1.165, 1.54) is 39.5 Å². The van der Waals surface area contributed by atoms with Crippen LogP contribution in [0.1, 0.15) is 10.4 Å². The minimum absolute atomic E-state index is 0.0441. The van der Waals surface area contributed by atoms with Crippen molar-refractivity contribution in [2.24, 2.45) is 0 Å². The minimum Gasteiger partial charge on any atom is -0.493 e. The molecule has 0 saturated carbocycles. The van der Waals surface area contributed by atoms with Gasteiger partial charge in [-0.2, -0.15) is 0 Å². The predicted molar refractivity (Wildman–Crippen MR) is 91.6 cm³/mol. The number of methoxy groups -OCH3 is 3. The molecular formula is C18H17NO7.